The summed E-state index contributed by atoms with van der Waals surface area (Å²) in [6.45, 7) is 5.02. The van der Waals surface area contributed by atoms with Crippen LogP contribution in [0, 0.1) is 0 Å². The maximum atomic E-state index is 12.2. The van der Waals surface area contributed by atoms with Crippen molar-refractivity contribution in [3.63, 3.8) is 0 Å². The average molecular weight is 436 g/mol. The Hall–Kier alpha value is -2.85. The van der Waals surface area contributed by atoms with Crippen molar-refractivity contribution in [3.05, 3.63) is 48.3 Å². The summed E-state index contributed by atoms with van der Waals surface area (Å²) in [5.74, 6) is 2.03. The molecule has 0 radical (unpaired) electrons. The average Bonchev–Trinajstić information content (AvgIpc) is 2.76. The first-order valence-corrected chi connectivity index (χ1v) is 11.1. The van der Waals surface area contributed by atoms with Crippen LogP contribution < -0.4 is 24.8 Å². The monoisotopic (exact) mass is 435 g/mol. The van der Waals surface area contributed by atoms with E-state index in [1.807, 2.05) is 32.0 Å². The van der Waals surface area contributed by atoms with E-state index in [9.17, 15) is 8.42 Å². The van der Waals surface area contributed by atoms with E-state index in [-0.39, 0.29) is 24.0 Å². The highest BCUT2D eigenvalue weighted by Gasteiger charge is 2.15. The molecular formula is C20H29N5O4S. The van der Waals surface area contributed by atoms with Crippen LogP contribution >= 0.6 is 0 Å². The van der Waals surface area contributed by atoms with Crippen LogP contribution in [-0.4, -0.2) is 53.2 Å². The molecule has 3 N–H and O–H groups in total. The number of methoxy groups -OCH3 is 2. The third kappa shape index (κ3) is 6.60. The molecule has 0 fully saturated rings. The Labute approximate surface area is 178 Å². The molecule has 164 valence electrons. The lowest BCUT2D eigenvalue weighted by Crippen LogP contribution is -2.39. The Morgan fingerprint density at radius 3 is 2.67 bits per heavy atom. The van der Waals surface area contributed by atoms with Crippen molar-refractivity contribution >= 4 is 16.0 Å². The van der Waals surface area contributed by atoms with E-state index < -0.39 is 10.0 Å². The van der Waals surface area contributed by atoms with Gasteiger partial charge in [-0.1, -0.05) is 0 Å². The van der Waals surface area contributed by atoms with Crippen molar-refractivity contribution in [2.45, 2.75) is 24.8 Å². The van der Waals surface area contributed by atoms with Crippen molar-refractivity contribution in [1.82, 2.24) is 20.3 Å². The molecule has 1 aromatic heterocycles. The van der Waals surface area contributed by atoms with Crippen molar-refractivity contribution in [3.8, 4) is 11.5 Å². The maximum absolute atomic E-state index is 12.2. The van der Waals surface area contributed by atoms with Gasteiger partial charge in [0.05, 0.1) is 26.8 Å². The molecule has 0 amide bonds. The first-order valence-electron chi connectivity index (χ1n) is 9.57. The number of nitrogens with one attached hydrogen (secondary N) is 3. The molecule has 1 unspecified atom stereocenters. The quantitative estimate of drug-likeness (QED) is 0.296. The topological polar surface area (TPSA) is 114 Å². The molecule has 30 heavy (non-hydrogen) atoms. The number of ether oxygens (including phenoxy) is 2. The van der Waals surface area contributed by atoms with E-state index in [2.05, 4.69) is 25.3 Å². The first-order chi connectivity index (χ1) is 14.4. The lowest BCUT2D eigenvalue weighted by atomic mass is 10.1. The van der Waals surface area contributed by atoms with Gasteiger partial charge in [0.15, 0.2) is 5.96 Å². The highest BCUT2D eigenvalue weighted by atomic mass is 32.2. The van der Waals surface area contributed by atoms with Crippen molar-refractivity contribution < 1.29 is 17.9 Å². The summed E-state index contributed by atoms with van der Waals surface area (Å²) in [5.41, 5.74) is 0.916. The van der Waals surface area contributed by atoms with Gasteiger partial charge in [-0.2, -0.15) is 0 Å². The molecular weight excluding hydrogens is 406 g/mol. The van der Waals surface area contributed by atoms with Gasteiger partial charge in [0.25, 0.3) is 0 Å². The summed E-state index contributed by atoms with van der Waals surface area (Å²) in [6.07, 6.45) is 2.83. The normalized spacial score (nSPS) is 12.9. The van der Waals surface area contributed by atoms with Crippen LogP contribution in [0.25, 0.3) is 0 Å². The van der Waals surface area contributed by atoms with Crippen LogP contribution in [-0.2, 0) is 10.0 Å². The Bertz CT molecular complexity index is 935. The highest BCUT2D eigenvalue weighted by molar-refractivity contribution is 7.89. The third-order valence-electron chi connectivity index (χ3n) is 4.22. The number of aromatic nitrogens is 1. The molecule has 1 heterocycles. The summed E-state index contributed by atoms with van der Waals surface area (Å²) in [7, 11) is -0.377. The highest BCUT2D eigenvalue weighted by Crippen LogP contribution is 2.29. The van der Waals surface area contributed by atoms with Gasteiger partial charge in [-0.05, 0) is 44.2 Å². The predicted octanol–water partition coefficient (Wildman–Crippen LogP) is 1.69. The van der Waals surface area contributed by atoms with Gasteiger partial charge in [-0.3, -0.25) is 9.98 Å². The molecule has 1 aromatic carbocycles. The minimum Gasteiger partial charge on any atom is -0.497 e. The zero-order chi connectivity index (χ0) is 22.0. The van der Waals surface area contributed by atoms with Crippen LogP contribution in [0.15, 0.2) is 52.6 Å². The zero-order valence-corrected chi connectivity index (χ0v) is 18.5. The van der Waals surface area contributed by atoms with E-state index in [1.54, 1.807) is 20.3 Å². The van der Waals surface area contributed by atoms with Crippen LogP contribution in [0.4, 0.5) is 0 Å². The lowest BCUT2D eigenvalue weighted by molar-refractivity contribution is 0.394. The molecule has 2 rings (SSSR count). The van der Waals surface area contributed by atoms with Crippen LogP contribution in [0.5, 0.6) is 11.5 Å². The first kappa shape index (κ1) is 23.4. The number of hydrogen-bond acceptors (Lipinski definition) is 6. The van der Waals surface area contributed by atoms with Crippen LogP contribution in [0.3, 0.4) is 0 Å². The molecule has 0 aliphatic rings. The second-order valence-corrected chi connectivity index (χ2v) is 8.09. The number of pyridine rings is 1. The van der Waals surface area contributed by atoms with Crippen LogP contribution in [0.2, 0.25) is 0 Å². The van der Waals surface area contributed by atoms with E-state index >= 15 is 0 Å². The lowest BCUT2D eigenvalue weighted by Gasteiger charge is -2.20. The summed E-state index contributed by atoms with van der Waals surface area (Å²) in [5, 5.41) is 6.46. The van der Waals surface area contributed by atoms with Gasteiger partial charge in [0, 0.05) is 31.0 Å². The van der Waals surface area contributed by atoms with Crippen molar-refractivity contribution in [2.24, 2.45) is 4.99 Å². The molecule has 0 saturated heterocycles. The standard InChI is InChI=1S/C20H29N5O4S/c1-5-22-20(23-11-12-24-30(26,27)17-7-6-10-21-14-17)25-15(2)18-13-16(28-3)8-9-19(18)29-4/h6-10,13-15,24H,5,11-12H2,1-4H3,(H2,22,23,25). The van der Waals surface area contributed by atoms with Gasteiger partial charge in [0.1, 0.15) is 16.4 Å². The van der Waals surface area contributed by atoms with Crippen LogP contribution in [0.1, 0.15) is 25.5 Å². The predicted molar refractivity (Wildman–Crippen MR) is 117 cm³/mol. The molecule has 0 aliphatic heterocycles. The Morgan fingerprint density at radius 1 is 1.23 bits per heavy atom. The number of benzene rings is 1. The molecule has 9 nitrogen and oxygen atoms in total. The van der Waals surface area contributed by atoms with E-state index in [0.717, 1.165) is 17.1 Å². The van der Waals surface area contributed by atoms with Gasteiger partial charge >= 0.3 is 0 Å². The Balaban J connectivity index is 2.02. The molecule has 2 aromatic rings. The summed E-state index contributed by atoms with van der Waals surface area (Å²) in [6, 6.07) is 8.54. The molecule has 0 aliphatic carbocycles. The van der Waals surface area contributed by atoms with Gasteiger partial charge in [0.2, 0.25) is 10.0 Å². The minimum absolute atomic E-state index is 0.123. The summed E-state index contributed by atoms with van der Waals surface area (Å²) in [4.78, 5) is 8.41. The molecule has 0 spiro atoms. The summed E-state index contributed by atoms with van der Waals surface area (Å²) >= 11 is 0. The maximum Gasteiger partial charge on any atom is 0.242 e. The number of guanidine groups is 1. The molecule has 0 bridgehead atoms. The number of rotatable bonds is 10. The largest absolute Gasteiger partial charge is 0.497 e. The van der Waals surface area contributed by atoms with E-state index in [1.165, 1.54) is 18.5 Å². The fourth-order valence-electron chi connectivity index (χ4n) is 2.72. The SMILES string of the molecule is CCNC(=NCCNS(=O)(=O)c1cccnc1)NC(C)c1cc(OC)ccc1OC. The molecule has 0 saturated carbocycles. The number of aliphatic imine (C=N–C) groups is 1. The zero-order valence-electron chi connectivity index (χ0n) is 17.7. The van der Waals surface area contributed by atoms with Crippen molar-refractivity contribution in [1.29, 1.82) is 0 Å². The van der Waals surface area contributed by atoms with Gasteiger partial charge in [-0.15, -0.1) is 0 Å². The van der Waals surface area contributed by atoms with Crippen molar-refractivity contribution in [2.75, 3.05) is 33.9 Å². The smallest absolute Gasteiger partial charge is 0.242 e. The van der Waals surface area contributed by atoms with Gasteiger partial charge in [-0.25, -0.2) is 13.1 Å². The summed E-state index contributed by atoms with van der Waals surface area (Å²) < 4.78 is 37.8. The Kier molecular flexibility index (Phi) is 8.88. The number of sulfonamides is 1. The second-order valence-electron chi connectivity index (χ2n) is 6.32. The third-order valence-corrected chi connectivity index (χ3v) is 5.67. The second kappa shape index (κ2) is 11.4. The van der Waals surface area contributed by atoms with E-state index in [4.69, 9.17) is 9.47 Å². The molecule has 10 heteroatoms. The fourth-order valence-corrected chi connectivity index (χ4v) is 3.70. The number of nitrogens with zero attached hydrogens (tertiary/aromatic N) is 2. The fraction of sp³-hybridized carbons (Fsp3) is 0.400. The Morgan fingerprint density at radius 2 is 2.03 bits per heavy atom. The minimum atomic E-state index is -3.61. The molecule has 1 atom stereocenters. The van der Waals surface area contributed by atoms with Gasteiger partial charge < -0.3 is 20.1 Å². The van der Waals surface area contributed by atoms with E-state index in [0.29, 0.717) is 12.5 Å². The number of hydrogen-bond donors (Lipinski definition) is 3.